The van der Waals surface area contributed by atoms with Crippen molar-refractivity contribution in [1.82, 2.24) is 0 Å². The van der Waals surface area contributed by atoms with Gasteiger partial charge in [0.1, 0.15) is 0 Å². The molecule has 0 spiro atoms. The van der Waals surface area contributed by atoms with Gasteiger partial charge >= 0.3 is 0 Å². The Morgan fingerprint density at radius 3 is 2.23 bits per heavy atom. The molecular formula is C9H14O2S2. The van der Waals surface area contributed by atoms with Gasteiger partial charge in [0.05, 0.1) is 0 Å². The highest BCUT2D eigenvalue weighted by Crippen LogP contribution is 2.12. The van der Waals surface area contributed by atoms with E-state index in [1.54, 1.807) is 6.92 Å². The Labute approximate surface area is 87.5 Å². The molecule has 74 valence electrons. The van der Waals surface area contributed by atoms with Crippen LogP contribution in [-0.4, -0.2) is 21.7 Å². The molecule has 4 heteroatoms. The maximum Gasteiger partial charge on any atom is 0.214 e. The van der Waals surface area contributed by atoms with E-state index in [4.69, 9.17) is 0 Å². The van der Waals surface area contributed by atoms with Crippen LogP contribution < -0.4 is 0 Å². The highest BCUT2D eigenvalue weighted by molar-refractivity contribution is 8.17. The van der Waals surface area contributed by atoms with Crippen LogP contribution in [0.4, 0.5) is 0 Å². The quantitative estimate of drug-likeness (QED) is 0.524. The summed E-state index contributed by atoms with van der Waals surface area (Å²) in [6.07, 6.45) is 0.559. The lowest BCUT2D eigenvalue weighted by Crippen LogP contribution is -1.97. The van der Waals surface area contributed by atoms with E-state index in [1.807, 2.05) is 6.92 Å². The normalized spacial score (nSPS) is 9.69. The first-order valence-corrected chi connectivity index (χ1v) is 6.03. The minimum atomic E-state index is 0.0181. The molecule has 0 fully saturated rings. The van der Waals surface area contributed by atoms with E-state index < -0.39 is 0 Å². The molecule has 0 aromatic carbocycles. The largest absolute Gasteiger partial charge is 0.287 e. The zero-order valence-corrected chi connectivity index (χ0v) is 9.59. The Hall–Kier alpha value is -0.220. The van der Waals surface area contributed by atoms with Gasteiger partial charge in [-0.15, -0.1) is 0 Å². The topological polar surface area (TPSA) is 34.1 Å². The molecule has 0 unspecified atom stereocenters. The minimum Gasteiger partial charge on any atom is -0.287 e. The SMILES string of the molecule is C=C(C)C(=O)SCCSC(=O)CC. The van der Waals surface area contributed by atoms with Crippen LogP contribution >= 0.6 is 23.5 Å². The lowest BCUT2D eigenvalue weighted by atomic mass is 10.4. The third-order valence-corrected chi connectivity index (χ3v) is 3.51. The molecule has 0 aromatic heterocycles. The van der Waals surface area contributed by atoms with Gasteiger partial charge < -0.3 is 0 Å². The standard InChI is InChI=1S/C9H14O2S2/c1-4-8(10)12-5-6-13-9(11)7(2)3/h2,4-6H2,1,3H3. The summed E-state index contributed by atoms with van der Waals surface area (Å²) in [5.74, 6) is 1.39. The smallest absolute Gasteiger partial charge is 0.214 e. The number of carbonyl (C=O) groups excluding carboxylic acids is 2. The van der Waals surface area contributed by atoms with Gasteiger partial charge in [-0.25, -0.2) is 0 Å². The van der Waals surface area contributed by atoms with Crippen molar-refractivity contribution in [2.75, 3.05) is 11.5 Å². The average Bonchev–Trinajstić information content (AvgIpc) is 2.11. The van der Waals surface area contributed by atoms with Crippen LogP contribution in [0.1, 0.15) is 20.3 Å². The molecule has 0 N–H and O–H groups in total. The molecule has 0 aliphatic rings. The Morgan fingerprint density at radius 1 is 1.23 bits per heavy atom. The van der Waals surface area contributed by atoms with Crippen molar-refractivity contribution in [3.05, 3.63) is 12.2 Å². The first kappa shape index (κ1) is 12.8. The average molecular weight is 218 g/mol. The number of rotatable bonds is 5. The summed E-state index contributed by atoms with van der Waals surface area (Å²) in [5, 5.41) is 0.202. The highest BCUT2D eigenvalue weighted by Gasteiger charge is 2.03. The Balaban J connectivity index is 3.41. The van der Waals surface area contributed by atoms with Crippen molar-refractivity contribution >= 4 is 33.8 Å². The fourth-order valence-corrected chi connectivity index (χ4v) is 2.05. The van der Waals surface area contributed by atoms with E-state index in [9.17, 15) is 9.59 Å². The summed E-state index contributed by atoms with van der Waals surface area (Å²) in [7, 11) is 0. The summed E-state index contributed by atoms with van der Waals surface area (Å²) in [6.45, 7) is 7.07. The summed E-state index contributed by atoms with van der Waals surface area (Å²) >= 11 is 2.51. The van der Waals surface area contributed by atoms with Gasteiger partial charge in [0.15, 0.2) is 5.12 Å². The van der Waals surface area contributed by atoms with E-state index in [-0.39, 0.29) is 10.2 Å². The lowest BCUT2D eigenvalue weighted by Gasteiger charge is -1.98. The van der Waals surface area contributed by atoms with Crippen molar-refractivity contribution in [3.63, 3.8) is 0 Å². The zero-order chi connectivity index (χ0) is 10.3. The van der Waals surface area contributed by atoms with Crippen molar-refractivity contribution in [2.45, 2.75) is 20.3 Å². The summed E-state index contributed by atoms with van der Waals surface area (Å²) in [4.78, 5) is 21.9. The predicted octanol–water partition coefficient (Wildman–Crippen LogP) is 2.49. The van der Waals surface area contributed by atoms with Gasteiger partial charge in [-0.3, -0.25) is 9.59 Å². The zero-order valence-electron chi connectivity index (χ0n) is 7.96. The molecule has 0 amide bonds. The summed E-state index contributed by atoms with van der Waals surface area (Å²) < 4.78 is 0. The van der Waals surface area contributed by atoms with Gasteiger partial charge in [0.2, 0.25) is 5.12 Å². The summed E-state index contributed by atoms with van der Waals surface area (Å²) in [6, 6.07) is 0. The molecular weight excluding hydrogens is 204 g/mol. The molecule has 0 radical (unpaired) electrons. The van der Waals surface area contributed by atoms with E-state index in [1.165, 1.54) is 23.5 Å². The van der Waals surface area contributed by atoms with Crippen LogP contribution in [0.15, 0.2) is 12.2 Å². The molecule has 13 heavy (non-hydrogen) atoms. The Bertz CT molecular complexity index is 212. The second kappa shape index (κ2) is 7.21. The van der Waals surface area contributed by atoms with Gasteiger partial charge in [0.25, 0.3) is 0 Å². The highest BCUT2D eigenvalue weighted by atomic mass is 32.2. The van der Waals surface area contributed by atoms with Crippen LogP contribution in [0.2, 0.25) is 0 Å². The van der Waals surface area contributed by atoms with Crippen LogP contribution in [0, 0.1) is 0 Å². The van der Waals surface area contributed by atoms with Crippen molar-refractivity contribution in [1.29, 1.82) is 0 Å². The van der Waals surface area contributed by atoms with Crippen LogP contribution in [-0.2, 0) is 9.59 Å². The van der Waals surface area contributed by atoms with Crippen LogP contribution in [0.5, 0.6) is 0 Å². The van der Waals surface area contributed by atoms with Crippen LogP contribution in [0.25, 0.3) is 0 Å². The number of hydrogen-bond acceptors (Lipinski definition) is 4. The van der Waals surface area contributed by atoms with Gasteiger partial charge in [-0.2, -0.15) is 0 Å². The first-order valence-electron chi connectivity index (χ1n) is 4.06. The van der Waals surface area contributed by atoms with Crippen molar-refractivity contribution in [2.24, 2.45) is 0 Å². The number of hydrogen-bond donors (Lipinski definition) is 0. The molecule has 0 atom stereocenters. The Kier molecular flexibility index (Phi) is 7.09. The maximum absolute atomic E-state index is 11.0. The molecule has 0 rings (SSSR count). The third-order valence-electron chi connectivity index (χ3n) is 1.22. The fourth-order valence-electron chi connectivity index (χ4n) is 0.515. The Morgan fingerprint density at radius 2 is 1.77 bits per heavy atom. The van der Waals surface area contributed by atoms with E-state index in [0.29, 0.717) is 23.5 Å². The van der Waals surface area contributed by atoms with Gasteiger partial charge in [-0.05, 0) is 12.5 Å². The molecule has 0 saturated carbocycles. The molecule has 0 heterocycles. The predicted molar refractivity (Wildman–Crippen MR) is 60.0 cm³/mol. The number of thioether (sulfide) groups is 2. The molecule has 0 saturated heterocycles. The van der Waals surface area contributed by atoms with Crippen molar-refractivity contribution < 1.29 is 9.59 Å². The fraction of sp³-hybridized carbons (Fsp3) is 0.556. The maximum atomic E-state index is 11.0. The molecule has 2 nitrogen and oxygen atoms in total. The van der Waals surface area contributed by atoms with E-state index in [0.717, 1.165) is 0 Å². The second-order valence-electron chi connectivity index (χ2n) is 2.49. The molecule has 0 aromatic rings. The van der Waals surface area contributed by atoms with Crippen molar-refractivity contribution in [3.8, 4) is 0 Å². The second-order valence-corrected chi connectivity index (χ2v) is 4.71. The van der Waals surface area contributed by atoms with E-state index >= 15 is 0 Å². The van der Waals surface area contributed by atoms with Gasteiger partial charge in [-0.1, -0.05) is 37.0 Å². The molecule has 0 aliphatic heterocycles. The monoisotopic (exact) mass is 218 g/mol. The molecule has 0 bridgehead atoms. The lowest BCUT2D eigenvalue weighted by molar-refractivity contribution is -0.110. The molecule has 0 aliphatic carbocycles. The first-order chi connectivity index (χ1) is 6.07. The van der Waals surface area contributed by atoms with Gasteiger partial charge in [0, 0.05) is 17.9 Å². The van der Waals surface area contributed by atoms with E-state index in [2.05, 4.69) is 6.58 Å². The third kappa shape index (κ3) is 6.90. The number of carbonyl (C=O) groups is 2. The minimum absolute atomic E-state index is 0.0181. The summed E-state index contributed by atoms with van der Waals surface area (Å²) in [5.41, 5.74) is 0.566. The van der Waals surface area contributed by atoms with Crippen LogP contribution in [0.3, 0.4) is 0 Å².